The van der Waals surface area contributed by atoms with Gasteiger partial charge in [-0.2, -0.15) is 15.0 Å². The van der Waals surface area contributed by atoms with Gasteiger partial charge in [-0.3, -0.25) is 4.90 Å². The number of anilines is 2. The summed E-state index contributed by atoms with van der Waals surface area (Å²) in [7, 11) is 3.55. The molecule has 0 aliphatic heterocycles. The highest BCUT2D eigenvalue weighted by Crippen LogP contribution is 2.13. The average Bonchev–Trinajstić information content (AvgIpc) is 2.60. The lowest BCUT2D eigenvalue weighted by molar-refractivity contribution is 0.101. The molecule has 1 heterocycles. The number of methoxy groups -OCH3 is 1. The van der Waals surface area contributed by atoms with Crippen LogP contribution in [0.3, 0.4) is 0 Å². The van der Waals surface area contributed by atoms with E-state index in [9.17, 15) is 0 Å². The van der Waals surface area contributed by atoms with Gasteiger partial charge >= 0.3 is 0 Å². The van der Waals surface area contributed by atoms with Crippen molar-refractivity contribution >= 4 is 11.9 Å². The standard InChI is InChI=1S/C17H33N5O3/c1-6-8-10-24-12-21(4)16-18-15(3)19-17(20-16)22(13-23-5)14-25-11-9-7-2/h6-14H2,1-5H3. The first-order valence-electron chi connectivity index (χ1n) is 8.95. The smallest absolute Gasteiger partial charge is 0.234 e. The van der Waals surface area contributed by atoms with E-state index < -0.39 is 0 Å². The topological polar surface area (TPSA) is 72.8 Å². The quantitative estimate of drug-likeness (QED) is 0.372. The highest BCUT2D eigenvalue weighted by atomic mass is 16.5. The molecule has 0 aromatic carbocycles. The van der Waals surface area contributed by atoms with Crippen molar-refractivity contribution in [2.45, 2.75) is 46.5 Å². The van der Waals surface area contributed by atoms with Crippen LogP contribution in [0.4, 0.5) is 11.9 Å². The number of ether oxygens (including phenoxy) is 3. The third-order valence-electron chi connectivity index (χ3n) is 3.45. The largest absolute Gasteiger partial charge is 0.364 e. The van der Waals surface area contributed by atoms with E-state index in [0.717, 1.165) is 32.3 Å². The van der Waals surface area contributed by atoms with Crippen molar-refractivity contribution in [2.75, 3.05) is 57.4 Å². The van der Waals surface area contributed by atoms with Gasteiger partial charge in [-0.25, -0.2) is 0 Å². The molecule has 0 N–H and O–H groups in total. The molecular formula is C17H33N5O3. The third kappa shape index (κ3) is 8.42. The molecule has 25 heavy (non-hydrogen) atoms. The first kappa shape index (κ1) is 21.5. The molecule has 0 atom stereocenters. The van der Waals surface area contributed by atoms with Gasteiger partial charge in [0.15, 0.2) is 0 Å². The average molecular weight is 355 g/mol. The fourth-order valence-corrected chi connectivity index (χ4v) is 2.00. The molecule has 0 bridgehead atoms. The van der Waals surface area contributed by atoms with Crippen molar-refractivity contribution in [3.05, 3.63) is 5.82 Å². The second kappa shape index (κ2) is 12.8. The molecule has 0 saturated carbocycles. The van der Waals surface area contributed by atoms with Gasteiger partial charge in [0.05, 0.1) is 0 Å². The number of aromatic nitrogens is 3. The third-order valence-corrected chi connectivity index (χ3v) is 3.45. The fraction of sp³-hybridized carbons (Fsp3) is 0.824. The van der Waals surface area contributed by atoms with Gasteiger partial charge in [0.25, 0.3) is 0 Å². The highest BCUT2D eigenvalue weighted by Gasteiger charge is 2.14. The maximum atomic E-state index is 5.68. The molecule has 0 unspecified atom stereocenters. The molecule has 8 heteroatoms. The van der Waals surface area contributed by atoms with Gasteiger partial charge in [0, 0.05) is 27.4 Å². The van der Waals surface area contributed by atoms with Crippen molar-refractivity contribution < 1.29 is 14.2 Å². The summed E-state index contributed by atoms with van der Waals surface area (Å²) in [6.45, 7) is 8.75. The van der Waals surface area contributed by atoms with Crippen molar-refractivity contribution in [1.29, 1.82) is 0 Å². The predicted octanol–water partition coefficient (Wildman–Crippen LogP) is 2.57. The Bertz CT molecular complexity index is 476. The number of aryl methyl sites for hydroxylation is 1. The summed E-state index contributed by atoms with van der Waals surface area (Å²) in [5.41, 5.74) is 0. The molecule has 0 saturated heterocycles. The van der Waals surface area contributed by atoms with E-state index in [0.29, 0.717) is 44.5 Å². The zero-order valence-electron chi connectivity index (χ0n) is 16.3. The minimum Gasteiger partial charge on any atom is -0.364 e. The van der Waals surface area contributed by atoms with Gasteiger partial charge in [0.2, 0.25) is 11.9 Å². The molecule has 1 aromatic rings. The van der Waals surface area contributed by atoms with Crippen molar-refractivity contribution in [1.82, 2.24) is 15.0 Å². The molecule has 0 radical (unpaired) electrons. The van der Waals surface area contributed by atoms with Gasteiger partial charge < -0.3 is 19.1 Å². The van der Waals surface area contributed by atoms with E-state index in [-0.39, 0.29) is 0 Å². The van der Waals surface area contributed by atoms with Crippen LogP contribution in [-0.2, 0) is 14.2 Å². The van der Waals surface area contributed by atoms with Crippen LogP contribution in [-0.4, -0.2) is 62.5 Å². The summed E-state index contributed by atoms with van der Waals surface area (Å²) >= 11 is 0. The summed E-state index contributed by atoms with van der Waals surface area (Å²) in [5, 5.41) is 0. The fourth-order valence-electron chi connectivity index (χ4n) is 2.00. The van der Waals surface area contributed by atoms with Crippen molar-refractivity contribution in [3.8, 4) is 0 Å². The van der Waals surface area contributed by atoms with E-state index in [1.165, 1.54) is 0 Å². The number of nitrogens with zero attached hydrogens (tertiary/aromatic N) is 5. The Balaban J connectivity index is 2.74. The van der Waals surface area contributed by atoms with Gasteiger partial charge in [-0.15, -0.1) is 0 Å². The Labute approximate surface area is 151 Å². The van der Waals surface area contributed by atoms with Crippen LogP contribution < -0.4 is 9.80 Å². The molecule has 0 aliphatic carbocycles. The van der Waals surface area contributed by atoms with E-state index in [2.05, 4.69) is 28.8 Å². The lowest BCUT2D eigenvalue weighted by Gasteiger charge is -2.23. The van der Waals surface area contributed by atoms with Gasteiger partial charge in [-0.05, 0) is 19.8 Å². The van der Waals surface area contributed by atoms with E-state index >= 15 is 0 Å². The summed E-state index contributed by atoms with van der Waals surface area (Å²) < 4.78 is 16.6. The minimum atomic E-state index is 0.353. The predicted molar refractivity (Wildman–Crippen MR) is 98.8 cm³/mol. The normalized spacial score (nSPS) is 10.9. The van der Waals surface area contributed by atoms with Crippen LogP contribution in [0, 0.1) is 6.92 Å². The molecule has 8 nitrogen and oxygen atoms in total. The molecule has 0 spiro atoms. The summed E-state index contributed by atoms with van der Waals surface area (Å²) in [4.78, 5) is 17.1. The maximum absolute atomic E-state index is 5.68. The van der Waals surface area contributed by atoms with Gasteiger partial charge in [0.1, 0.15) is 26.0 Å². The zero-order chi connectivity index (χ0) is 18.5. The van der Waals surface area contributed by atoms with Crippen LogP contribution in [0.15, 0.2) is 0 Å². The van der Waals surface area contributed by atoms with Crippen molar-refractivity contribution in [3.63, 3.8) is 0 Å². The van der Waals surface area contributed by atoms with Crippen LogP contribution in [0.5, 0.6) is 0 Å². The Morgan fingerprint density at radius 2 is 1.44 bits per heavy atom. The van der Waals surface area contributed by atoms with E-state index in [1.807, 2.05) is 23.8 Å². The first-order chi connectivity index (χ1) is 12.1. The second-order valence-corrected chi connectivity index (χ2v) is 5.92. The summed E-state index contributed by atoms with van der Waals surface area (Å²) in [6.07, 6.45) is 4.29. The van der Waals surface area contributed by atoms with Gasteiger partial charge in [-0.1, -0.05) is 26.7 Å². The van der Waals surface area contributed by atoms with Crippen LogP contribution >= 0.6 is 0 Å². The molecule has 1 rings (SSSR count). The maximum Gasteiger partial charge on any atom is 0.234 e. The monoisotopic (exact) mass is 355 g/mol. The molecular weight excluding hydrogens is 322 g/mol. The SMILES string of the molecule is CCCCOCN(C)c1nc(C)nc(N(COC)COCCCC)n1. The highest BCUT2D eigenvalue weighted by molar-refractivity contribution is 5.37. The molecule has 0 fully saturated rings. The summed E-state index contributed by atoms with van der Waals surface area (Å²) in [5.74, 6) is 1.77. The molecule has 144 valence electrons. The zero-order valence-corrected chi connectivity index (χ0v) is 16.3. The molecule has 0 amide bonds. The lowest BCUT2D eigenvalue weighted by Crippen LogP contribution is -2.32. The van der Waals surface area contributed by atoms with Crippen molar-refractivity contribution in [2.24, 2.45) is 0 Å². The van der Waals surface area contributed by atoms with Crippen LogP contribution in [0.2, 0.25) is 0 Å². The number of hydrogen-bond acceptors (Lipinski definition) is 8. The molecule has 1 aromatic heterocycles. The minimum absolute atomic E-state index is 0.353. The Hall–Kier alpha value is -1.51. The number of rotatable bonds is 14. The van der Waals surface area contributed by atoms with E-state index in [4.69, 9.17) is 14.2 Å². The van der Waals surface area contributed by atoms with Crippen LogP contribution in [0.25, 0.3) is 0 Å². The first-order valence-corrected chi connectivity index (χ1v) is 8.95. The Morgan fingerprint density at radius 3 is 2.04 bits per heavy atom. The second-order valence-electron chi connectivity index (χ2n) is 5.92. The lowest BCUT2D eigenvalue weighted by atomic mass is 10.4. The number of unbranched alkanes of at least 4 members (excludes halogenated alkanes) is 2. The Morgan fingerprint density at radius 1 is 0.840 bits per heavy atom. The van der Waals surface area contributed by atoms with E-state index in [1.54, 1.807) is 7.11 Å². The van der Waals surface area contributed by atoms with Crippen LogP contribution in [0.1, 0.15) is 45.4 Å². The molecule has 0 aliphatic rings. The Kier molecular flexibility index (Phi) is 11.0. The number of hydrogen-bond donors (Lipinski definition) is 0. The summed E-state index contributed by atoms with van der Waals surface area (Å²) in [6, 6.07) is 0.